The van der Waals surface area contributed by atoms with E-state index in [0.29, 0.717) is 0 Å². The lowest BCUT2D eigenvalue weighted by Crippen LogP contribution is -2.28. The molecule has 1 aliphatic rings. The fourth-order valence-corrected chi connectivity index (χ4v) is 2.84. The van der Waals surface area contributed by atoms with E-state index in [9.17, 15) is 21.9 Å². The molecule has 1 unspecified atom stereocenters. The van der Waals surface area contributed by atoms with E-state index in [1.165, 1.54) is 25.3 Å². The molecular weight excluding hydrogens is 303 g/mol. The van der Waals surface area contributed by atoms with Crippen LogP contribution < -0.4 is 10.6 Å². The molecule has 1 saturated heterocycles. The minimum atomic E-state index is -4.82. The van der Waals surface area contributed by atoms with Gasteiger partial charge in [-0.3, -0.25) is 4.79 Å². The van der Waals surface area contributed by atoms with Crippen LogP contribution in [0, 0.1) is 0 Å². The number of para-hydroxylation sites is 1. The molecule has 1 aromatic rings. The van der Waals surface area contributed by atoms with Crippen molar-refractivity contribution in [3.05, 3.63) is 23.8 Å². The fourth-order valence-electron chi connectivity index (χ4n) is 2.17. The summed E-state index contributed by atoms with van der Waals surface area (Å²) in [6, 6.07) is 4.34. The summed E-state index contributed by atoms with van der Waals surface area (Å²) in [5, 5.41) is -1.42. The monoisotopic (exact) mass is 316 g/mol. The van der Waals surface area contributed by atoms with Crippen LogP contribution in [0.3, 0.4) is 0 Å². The highest BCUT2D eigenvalue weighted by atomic mass is 32.3. The molecule has 2 rings (SSSR count). The Bertz CT molecular complexity index is 704. The predicted molar refractivity (Wildman–Crippen MR) is 73.0 cm³/mol. The van der Waals surface area contributed by atoms with Gasteiger partial charge < -0.3 is 15.4 Å². The second kappa shape index (κ2) is 5.32. The average Bonchev–Trinajstić information content (AvgIpc) is 2.80. The van der Waals surface area contributed by atoms with Crippen molar-refractivity contribution in [2.75, 3.05) is 24.3 Å². The van der Waals surface area contributed by atoms with Crippen LogP contribution in [-0.4, -0.2) is 39.2 Å². The van der Waals surface area contributed by atoms with E-state index in [1.54, 1.807) is 0 Å². The summed E-state index contributed by atoms with van der Waals surface area (Å²) in [6.45, 7) is -0.341. The molecule has 21 heavy (non-hydrogen) atoms. The van der Waals surface area contributed by atoms with Crippen LogP contribution in [0.5, 0.6) is 0 Å². The number of hydrogen-bond donors (Lipinski definition) is 1. The third-order valence-corrected chi connectivity index (χ3v) is 4.38. The van der Waals surface area contributed by atoms with E-state index >= 15 is 0 Å². The van der Waals surface area contributed by atoms with Gasteiger partial charge in [0.25, 0.3) is 0 Å². The lowest BCUT2D eigenvalue weighted by Gasteiger charge is -2.19. The van der Waals surface area contributed by atoms with Gasteiger partial charge in [0.1, 0.15) is 5.25 Å². The van der Waals surface area contributed by atoms with Gasteiger partial charge in [-0.2, -0.15) is 8.42 Å². The number of esters is 1. The number of amides is 1. The van der Waals surface area contributed by atoms with Gasteiger partial charge >= 0.3 is 16.2 Å². The third-order valence-electron chi connectivity index (χ3n) is 3.27. The summed E-state index contributed by atoms with van der Waals surface area (Å²) in [4.78, 5) is 24.5. The predicted octanol–water partition coefficient (Wildman–Crippen LogP) is 0.460. The number of halogens is 1. The number of carbonyl (C=O) groups is 2. The average molecular weight is 316 g/mol. The van der Waals surface area contributed by atoms with Gasteiger partial charge in [0.05, 0.1) is 24.0 Å². The minimum absolute atomic E-state index is 0.0189. The van der Waals surface area contributed by atoms with Crippen LogP contribution in [0.1, 0.15) is 16.8 Å². The maximum atomic E-state index is 13.0. The van der Waals surface area contributed by atoms with Crippen molar-refractivity contribution < 1.29 is 26.6 Å². The Morgan fingerprint density at radius 1 is 1.48 bits per heavy atom. The number of methoxy groups -OCH3 is 1. The second-order valence-electron chi connectivity index (χ2n) is 4.54. The quantitative estimate of drug-likeness (QED) is 0.493. The van der Waals surface area contributed by atoms with E-state index < -0.39 is 33.8 Å². The number of ether oxygens (including phenoxy) is 1. The summed E-state index contributed by atoms with van der Waals surface area (Å²) in [7, 11) is -3.63. The Morgan fingerprint density at radius 2 is 2.14 bits per heavy atom. The number of anilines is 2. The van der Waals surface area contributed by atoms with Crippen molar-refractivity contribution in [2.45, 2.75) is 11.7 Å². The first kappa shape index (κ1) is 15.2. The Labute approximate surface area is 120 Å². The van der Waals surface area contributed by atoms with Crippen LogP contribution in [0.4, 0.5) is 15.3 Å². The standard InChI is InChI=1S/C12H13FN2O5S/c1-20-12(17)8-3-2-4-9(11(8)14)15-6-7(5-10(15)16)21(13,18)19/h2-4,7H,5-6,14H2,1H3. The lowest BCUT2D eigenvalue weighted by atomic mass is 10.1. The maximum Gasteiger partial charge on any atom is 0.340 e. The van der Waals surface area contributed by atoms with E-state index in [4.69, 9.17) is 5.73 Å². The molecule has 1 aliphatic heterocycles. The molecule has 1 aromatic carbocycles. The summed E-state index contributed by atoms with van der Waals surface area (Å²) >= 11 is 0. The van der Waals surface area contributed by atoms with E-state index in [1.807, 2.05) is 0 Å². The molecule has 0 aliphatic carbocycles. The molecule has 114 valence electrons. The summed E-state index contributed by atoms with van der Waals surface area (Å²) < 4.78 is 39.4. The van der Waals surface area contributed by atoms with Crippen LogP contribution in [-0.2, 0) is 19.8 Å². The molecule has 1 atom stereocenters. The molecule has 0 aromatic heterocycles. The number of carbonyl (C=O) groups excluding carboxylic acids is 2. The molecule has 9 heteroatoms. The summed E-state index contributed by atoms with van der Waals surface area (Å²) in [6.07, 6.45) is -0.458. The Morgan fingerprint density at radius 3 is 2.67 bits per heavy atom. The molecule has 1 fully saturated rings. The number of nitrogens with two attached hydrogens (primary N) is 1. The molecular formula is C12H13FN2O5S. The van der Waals surface area contributed by atoms with Gasteiger partial charge in [0.15, 0.2) is 0 Å². The fraction of sp³-hybridized carbons (Fsp3) is 0.333. The first-order valence-corrected chi connectivity index (χ1v) is 7.41. The van der Waals surface area contributed by atoms with Crippen molar-refractivity contribution in [1.29, 1.82) is 0 Å². The Balaban J connectivity index is 2.40. The van der Waals surface area contributed by atoms with Crippen molar-refractivity contribution >= 4 is 33.5 Å². The van der Waals surface area contributed by atoms with Crippen LogP contribution in [0.25, 0.3) is 0 Å². The zero-order valence-corrected chi connectivity index (χ0v) is 11.9. The molecule has 1 amide bonds. The van der Waals surface area contributed by atoms with Crippen molar-refractivity contribution in [2.24, 2.45) is 0 Å². The smallest absolute Gasteiger partial charge is 0.340 e. The zero-order valence-electron chi connectivity index (χ0n) is 11.1. The SMILES string of the molecule is COC(=O)c1cccc(N2CC(S(=O)(=O)F)CC2=O)c1N. The largest absolute Gasteiger partial charge is 0.465 e. The van der Waals surface area contributed by atoms with Crippen LogP contribution in [0.15, 0.2) is 18.2 Å². The van der Waals surface area contributed by atoms with Crippen molar-refractivity contribution in [3.63, 3.8) is 0 Å². The van der Waals surface area contributed by atoms with E-state index in [0.717, 1.165) is 4.90 Å². The zero-order chi connectivity index (χ0) is 15.8. The highest BCUT2D eigenvalue weighted by Crippen LogP contribution is 2.32. The van der Waals surface area contributed by atoms with Gasteiger partial charge in [-0.15, -0.1) is 3.89 Å². The molecule has 0 saturated carbocycles. The van der Waals surface area contributed by atoms with Gasteiger partial charge in [-0.1, -0.05) is 6.07 Å². The number of benzene rings is 1. The highest BCUT2D eigenvalue weighted by Gasteiger charge is 2.39. The second-order valence-corrected chi connectivity index (χ2v) is 6.15. The van der Waals surface area contributed by atoms with Crippen LogP contribution in [0.2, 0.25) is 0 Å². The topological polar surface area (TPSA) is 107 Å². The molecule has 0 radical (unpaired) electrons. The number of nitrogen functional groups attached to an aromatic ring is 1. The summed E-state index contributed by atoms with van der Waals surface area (Å²) in [5.74, 6) is -1.26. The van der Waals surface area contributed by atoms with Gasteiger partial charge in [-0.25, -0.2) is 4.79 Å². The van der Waals surface area contributed by atoms with E-state index in [2.05, 4.69) is 4.74 Å². The molecule has 2 N–H and O–H groups in total. The maximum absolute atomic E-state index is 13.0. The van der Waals surface area contributed by atoms with Gasteiger partial charge in [0.2, 0.25) is 5.91 Å². The number of hydrogen-bond acceptors (Lipinski definition) is 6. The third kappa shape index (κ3) is 2.82. The lowest BCUT2D eigenvalue weighted by molar-refractivity contribution is -0.117. The molecule has 0 bridgehead atoms. The normalized spacial score (nSPS) is 18.9. The first-order chi connectivity index (χ1) is 9.75. The van der Waals surface area contributed by atoms with Crippen molar-refractivity contribution in [3.8, 4) is 0 Å². The molecule has 7 nitrogen and oxygen atoms in total. The van der Waals surface area contributed by atoms with Crippen LogP contribution >= 0.6 is 0 Å². The van der Waals surface area contributed by atoms with Crippen molar-refractivity contribution in [1.82, 2.24) is 0 Å². The number of nitrogens with zero attached hydrogens (tertiary/aromatic N) is 1. The Kier molecular flexibility index (Phi) is 3.86. The molecule has 0 spiro atoms. The Hall–Kier alpha value is -2.16. The highest BCUT2D eigenvalue weighted by molar-refractivity contribution is 7.87. The van der Waals surface area contributed by atoms with Gasteiger partial charge in [-0.05, 0) is 12.1 Å². The minimum Gasteiger partial charge on any atom is -0.465 e. The first-order valence-electron chi connectivity index (χ1n) is 5.96. The number of rotatable bonds is 3. The summed E-state index contributed by atoms with van der Waals surface area (Å²) in [5.41, 5.74) is 6.01. The van der Waals surface area contributed by atoms with Gasteiger partial charge in [0, 0.05) is 13.0 Å². The van der Waals surface area contributed by atoms with E-state index in [-0.39, 0.29) is 23.5 Å². The molecule has 1 heterocycles.